The lowest BCUT2D eigenvalue weighted by Crippen LogP contribution is -2.20. The van der Waals surface area contributed by atoms with E-state index in [1.165, 1.54) is 19.2 Å². The maximum absolute atomic E-state index is 13.3. The highest BCUT2D eigenvalue weighted by molar-refractivity contribution is 6.30. The highest BCUT2D eigenvalue weighted by Gasteiger charge is 2.14. The maximum Gasteiger partial charge on any atom is 0.123 e. The fourth-order valence-corrected chi connectivity index (χ4v) is 2.01. The van der Waals surface area contributed by atoms with Crippen LogP contribution in [0.4, 0.5) is 4.39 Å². The van der Waals surface area contributed by atoms with Crippen molar-refractivity contribution >= 4 is 11.6 Å². The van der Waals surface area contributed by atoms with Crippen molar-refractivity contribution in [2.45, 2.75) is 6.04 Å². The van der Waals surface area contributed by atoms with Crippen molar-refractivity contribution in [1.29, 1.82) is 0 Å². The number of hydrogen-bond acceptors (Lipinski definition) is 3. The van der Waals surface area contributed by atoms with Crippen molar-refractivity contribution in [3.8, 4) is 11.5 Å². The molecule has 0 spiro atoms. The fraction of sp³-hybridized carbons (Fsp3) is 0.200. The minimum absolute atomic E-state index is 0.195. The summed E-state index contributed by atoms with van der Waals surface area (Å²) in [7, 11) is 1.52. The van der Waals surface area contributed by atoms with Gasteiger partial charge in [-0.2, -0.15) is 0 Å². The molecule has 0 bridgehead atoms. The molecule has 3 nitrogen and oxygen atoms in total. The van der Waals surface area contributed by atoms with Crippen LogP contribution in [0.5, 0.6) is 11.5 Å². The molecule has 0 aliphatic rings. The Morgan fingerprint density at radius 3 is 2.75 bits per heavy atom. The molecule has 1 atom stereocenters. The first-order valence-corrected chi connectivity index (χ1v) is 6.45. The van der Waals surface area contributed by atoms with Gasteiger partial charge in [0.25, 0.3) is 0 Å². The zero-order valence-corrected chi connectivity index (χ0v) is 11.7. The topological polar surface area (TPSA) is 44.5 Å². The summed E-state index contributed by atoms with van der Waals surface area (Å²) in [5, 5.41) is 0.583. The van der Waals surface area contributed by atoms with Crippen molar-refractivity contribution in [2.75, 3.05) is 13.7 Å². The van der Waals surface area contributed by atoms with Crippen LogP contribution in [0.15, 0.2) is 42.5 Å². The summed E-state index contributed by atoms with van der Waals surface area (Å²) < 4.78 is 24.0. The minimum atomic E-state index is -0.500. The Kier molecular flexibility index (Phi) is 4.82. The first-order valence-electron chi connectivity index (χ1n) is 6.07. The van der Waals surface area contributed by atoms with Gasteiger partial charge in [-0.1, -0.05) is 17.7 Å². The van der Waals surface area contributed by atoms with Crippen LogP contribution in [-0.4, -0.2) is 13.7 Å². The predicted octanol–water partition coefficient (Wildman–Crippen LogP) is 3.57. The fourth-order valence-electron chi connectivity index (χ4n) is 1.83. The third kappa shape index (κ3) is 3.62. The van der Waals surface area contributed by atoms with Gasteiger partial charge in [-0.15, -0.1) is 0 Å². The molecule has 0 aromatic heterocycles. The molecule has 20 heavy (non-hydrogen) atoms. The van der Waals surface area contributed by atoms with Crippen molar-refractivity contribution in [3.63, 3.8) is 0 Å². The smallest absolute Gasteiger partial charge is 0.123 e. The third-order valence-electron chi connectivity index (χ3n) is 2.82. The summed E-state index contributed by atoms with van der Waals surface area (Å²) in [6, 6.07) is 10.7. The van der Waals surface area contributed by atoms with Crippen LogP contribution < -0.4 is 15.2 Å². The van der Waals surface area contributed by atoms with Gasteiger partial charge in [0.05, 0.1) is 13.2 Å². The second-order valence-electron chi connectivity index (χ2n) is 4.26. The quantitative estimate of drug-likeness (QED) is 0.917. The number of hydrogen-bond donors (Lipinski definition) is 1. The molecule has 0 fully saturated rings. The number of rotatable bonds is 5. The van der Waals surface area contributed by atoms with Crippen LogP contribution in [0.25, 0.3) is 0 Å². The van der Waals surface area contributed by atoms with E-state index in [0.29, 0.717) is 22.1 Å². The van der Waals surface area contributed by atoms with E-state index in [0.717, 1.165) is 0 Å². The lowest BCUT2D eigenvalue weighted by atomic mass is 10.1. The minimum Gasteiger partial charge on any atom is -0.496 e. The summed E-state index contributed by atoms with van der Waals surface area (Å²) in [6.07, 6.45) is 0. The molecule has 2 aromatic rings. The SMILES string of the molecule is COc1ccc(F)cc1C(N)COc1cccc(Cl)c1. The molecule has 0 aliphatic heterocycles. The van der Waals surface area contributed by atoms with Crippen LogP contribution in [-0.2, 0) is 0 Å². The summed E-state index contributed by atoms with van der Waals surface area (Å²) >= 11 is 5.86. The van der Waals surface area contributed by atoms with Crippen molar-refractivity contribution in [1.82, 2.24) is 0 Å². The summed E-state index contributed by atoms with van der Waals surface area (Å²) in [5.41, 5.74) is 6.59. The first-order chi connectivity index (χ1) is 9.60. The van der Waals surface area contributed by atoms with E-state index < -0.39 is 6.04 Å². The van der Waals surface area contributed by atoms with Gasteiger partial charge < -0.3 is 15.2 Å². The standard InChI is InChI=1S/C15H15ClFNO2/c1-19-15-6-5-11(17)8-13(15)14(18)9-20-12-4-2-3-10(16)7-12/h2-8,14H,9,18H2,1H3. The number of benzene rings is 2. The van der Waals surface area contributed by atoms with E-state index in [1.54, 1.807) is 30.3 Å². The molecular weight excluding hydrogens is 281 g/mol. The van der Waals surface area contributed by atoms with Gasteiger partial charge >= 0.3 is 0 Å². The average Bonchev–Trinajstić information content (AvgIpc) is 2.45. The second-order valence-corrected chi connectivity index (χ2v) is 4.70. The lowest BCUT2D eigenvalue weighted by Gasteiger charge is -2.16. The molecule has 0 aliphatic carbocycles. The van der Waals surface area contributed by atoms with E-state index in [2.05, 4.69) is 0 Å². The molecular formula is C15H15ClFNO2. The van der Waals surface area contributed by atoms with Gasteiger partial charge in [-0.25, -0.2) is 4.39 Å². The molecule has 5 heteroatoms. The van der Waals surface area contributed by atoms with Gasteiger partial charge in [0.15, 0.2) is 0 Å². The van der Waals surface area contributed by atoms with Crippen LogP contribution >= 0.6 is 11.6 Å². The molecule has 1 unspecified atom stereocenters. The zero-order valence-electron chi connectivity index (χ0n) is 11.0. The molecule has 0 radical (unpaired) electrons. The predicted molar refractivity (Wildman–Crippen MR) is 76.8 cm³/mol. The molecule has 0 heterocycles. The van der Waals surface area contributed by atoms with Gasteiger partial charge in [0, 0.05) is 10.6 Å². The molecule has 2 aromatic carbocycles. The van der Waals surface area contributed by atoms with E-state index in [1.807, 2.05) is 0 Å². The van der Waals surface area contributed by atoms with Crippen molar-refractivity contribution in [3.05, 3.63) is 58.9 Å². The molecule has 0 saturated heterocycles. The van der Waals surface area contributed by atoms with Crippen LogP contribution in [0.3, 0.4) is 0 Å². The van der Waals surface area contributed by atoms with Crippen LogP contribution in [0.2, 0.25) is 5.02 Å². The van der Waals surface area contributed by atoms with E-state index in [-0.39, 0.29) is 12.4 Å². The van der Waals surface area contributed by atoms with Crippen LogP contribution in [0, 0.1) is 5.82 Å². The van der Waals surface area contributed by atoms with Crippen LogP contribution in [0.1, 0.15) is 11.6 Å². The van der Waals surface area contributed by atoms with E-state index in [9.17, 15) is 4.39 Å². The molecule has 0 amide bonds. The van der Waals surface area contributed by atoms with E-state index >= 15 is 0 Å². The van der Waals surface area contributed by atoms with Gasteiger partial charge in [-0.05, 0) is 36.4 Å². The molecule has 106 valence electrons. The van der Waals surface area contributed by atoms with E-state index in [4.69, 9.17) is 26.8 Å². The number of nitrogens with two attached hydrogens (primary N) is 1. The van der Waals surface area contributed by atoms with Crippen molar-refractivity contribution in [2.24, 2.45) is 5.73 Å². The monoisotopic (exact) mass is 295 g/mol. The maximum atomic E-state index is 13.3. The highest BCUT2D eigenvalue weighted by Crippen LogP contribution is 2.26. The lowest BCUT2D eigenvalue weighted by molar-refractivity contribution is 0.286. The Hall–Kier alpha value is -1.78. The zero-order chi connectivity index (χ0) is 14.5. The summed E-state index contributed by atoms with van der Waals surface area (Å²) in [5.74, 6) is 0.788. The number of halogens is 2. The van der Waals surface area contributed by atoms with Crippen molar-refractivity contribution < 1.29 is 13.9 Å². The molecule has 0 saturated carbocycles. The second kappa shape index (κ2) is 6.59. The number of ether oxygens (including phenoxy) is 2. The Bertz CT molecular complexity index is 592. The Morgan fingerprint density at radius 1 is 1.25 bits per heavy atom. The van der Waals surface area contributed by atoms with Gasteiger partial charge in [0.2, 0.25) is 0 Å². The van der Waals surface area contributed by atoms with Gasteiger partial charge in [0.1, 0.15) is 23.9 Å². The molecule has 2 rings (SSSR count). The summed E-state index contributed by atoms with van der Waals surface area (Å²) in [4.78, 5) is 0. The first kappa shape index (κ1) is 14.6. The third-order valence-corrected chi connectivity index (χ3v) is 3.05. The average molecular weight is 296 g/mol. The number of methoxy groups -OCH3 is 1. The normalized spacial score (nSPS) is 12.0. The Balaban J connectivity index is 2.08. The largest absolute Gasteiger partial charge is 0.496 e. The molecule has 2 N–H and O–H groups in total. The Labute approximate surface area is 122 Å². The summed E-state index contributed by atoms with van der Waals surface area (Å²) in [6.45, 7) is 0.195. The highest BCUT2D eigenvalue weighted by atomic mass is 35.5. The van der Waals surface area contributed by atoms with Gasteiger partial charge in [-0.3, -0.25) is 0 Å². The Morgan fingerprint density at radius 2 is 2.05 bits per heavy atom.